The van der Waals surface area contributed by atoms with Gasteiger partial charge in [-0.05, 0) is 46.7 Å². The highest BCUT2D eigenvalue weighted by Crippen LogP contribution is 2.44. The van der Waals surface area contributed by atoms with Crippen LogP contribution >= 0.6 is 0 Å². The van der Waals surface area contributed by atoms with Gasteiger partial charge in [-0.3, -0.25) is 4.98 Å². The van der Waals surface area contributed by atoms with E-state index in [-0.39, 0.29) is 25.4 Å². The highest BCUT2D eigenvalue weighted by Gasteiger charge is 2.29. The number of halogens is 1. The highest BCUT2D eigenvalue weighted by atomic mass is 19.1. The molecule has 4 rings (SSSR count). The molecule has 1 aliphatic carbocycles. The van der Waals surface area contributed by atoms with E-state index in [0.29, 0.717) is 5.56 Å². The maximum atomic E-state index is 13.3. The fraction of sp³-hybridized carbons (Fsp3) is 0.208. The quantitative estimate of drug-likeness (QED) is 0.600. The lowest BCUT2D eigenvalue weighted by molar-refractivity contribution is -0.139. The molecule has 2 aromatic carbocycles. The highest BCUT2D eigenvalue weighted by molar-refractivity contribution is 5.81. The number of carbonyl (C=O) groups is 2. The van der Waals surface area contributed by atoms with Crippen molar-refractivity contribution in [1.29, 1.82) is 0 Å². The normalized spacial score (nSPS) is 13.2. The van der Waals surface area contributed by atoms with Crippen LogP contribution in [0.25, 0.3) is 11.1 Å². The molecule has 1 aromatic heterocycles. The number of pyridine rings is 1. The zero-order valence-electron chi connectivity index (χ0n) is 16.6. The van der Waals surface area contributed by atoms with Gasteiger partial charge in [0, 0.05) is 12.1 Å². The van der Waals surface area contributed by atoms with Crippen LogP contribution in [0, 0.1) is 5.82 Å². The van der Waals surface area contributed by atoms with Crippen molar-refractivity contribution in [1.82, 2.24) is 10.3 Å². The Hall–Kier alpha value is -3.74. The molecule has 0 saturated heterocycles. The number of nitrogens with one attached hydrogen (secondary N) is 1. The van der Waals surface area contributed by atoms with Crippen molar-refractivity contribution in [3.8, 4) is 11.1 Å². The summed E-state index contributed by atoms with van der Waals surface area (Å²) in [6.07, 6.45) is 2.09. The zero-order chi connectivity index (χ0) is 21.8. The average Bonchev–Trinajstić information content (AvgIpc) is 3.09. The van der Waals surface area contributed by atoms with Crippen molar-refractivity contribution >= 4 is 12.1 Å². The summed E-state index contributed by atoms with van der Waals surface area (Å²) in [6, 6.07) is 16.1. The van der Waals surface area contributed by atoms with E-state index >= 15 is 0 Å². The summed E-state index contributed by atoms with van der Waals surface area (Å²) in [4.78, 5) is 27.6. The van der Waals surface area contributed by atoms with Gasteiger partial charge in [0.25, 0.3) is 0 Å². The number of fused-ring (bicyclic) bond motifs is 3. The summed E-state index contributed by atoms with van der Waals surface area (Å²) in [5.41, 5.74) is 4.92. The van der Waals surface area contributed by atoms with Crippen molar-refractivity contribution in [2.75, 3.05) is 6.61 Å². The third kappa shape index (κ3) is 4.55. The minimum absolute atomic E-state index is 0.0880. The maximum Gasteiger partial charge on any atom is 0.407 e. The van der Waals surface area contributed by atoms with Crippen LogP contribution in [0.5, 0.6) is 0 Å². The maximum absolute atomic E-state index is 13.3. The molecule has 2 N–H and O–H groups in total. The van der Waals surface area contributed by atoms with Crippen LogP contribution in [0.4, 0.5) is 9.18 Å². The number of hydrogen-bond acceptors (Lipinski definition) is 4. The summed E-state index contributed by atoms with van der Waals surface area (Å²) in [6.45, 7) is 0.0972. The van der Waals surface area contributed by atoms with Crippen molar-refractivity contribution < 1.29 is 23.8 Å². The molecule has 1 atom stereocenters. The Balaban J connectivity index is 1.38. The monoisotopic (exact) mass is 420 g/mol. The SMILES string of the molecule is O=C(N[C@@H](CCc1cncc(F)c1)C(=O)O)OCC1c2ccccc2-c2ccccc21. The number of ether oxygens (including phenoxy) is 1. The summed E-state index contributed by atoms with van der Waals surface area (Å²) < 4.78 is 18.7. The minimum Gasteiger partial charge on any atom is -0.480 e. The standard InChI is InChI=1S/C24H21FN2O4/c25-16-11-15(12-26-13-16)9-10-22(23(28)29)27-24(30)31-14-21-19-7-3-1-5-17(19)18-6-2-4-8-20(18)21/h1-8,11-13,21-22H,9-10,14H2,(H,27,30)(H,28,29)/t22-/m0/s1. The lowest BCUT2D eigenvalue weighted by Crippen LogP contribution is -2.41. The summed E-state index contributed by atoms with van der Waals surface area (Å²) >= 11 is 0. The molecule has 6 nitrogen and oxygen atoms in total. The molecule has 1 heterocycles. The predicted molar refractivity (Wildman–Crippen MR) is 112 cm³/mol. The number of aryl methyl sites for hydroxylation is 1. The second-order valence-corrected chi connectivity index (χ2v) is 7.41. The summed E-state index contributed by atoms with van der Waals surface area (Å²) in [5.74, 6) is -1.79. The molecule has 0 unspecified atom stereocenters. The number of aromatic nitrogens is 1. The van der Waals surface area contributed by atoms with Crippen LogP contribution in [0.2, 0.25) is 0 Å². The Morgan fingerprint density at radius 3 is 2.32 bits per heavy atom. The van der Waals surface area contributed by atoms with E-state index < -0.39 is 23.9 Å². The zero-order valence-corrected chi connectivity index (χ0v) is 16.6. The second kappa shape index (κ2) is 8.95. The molecular formula is C24H21FN2O4. The van der Waals surface area contributed by atoms with Crippen molar-refractivity contribution in [2.45, 2.75) is 24.8 Å². The van der Waals surface area contributed by atoms with Crippen LogP contribution in [-0.4, -0.2) is 34.8 Å². The molecule has 31 heavy (non-hydrogen) atoms. The molecule has 0 saturated carbocycles. The van der Waals surface area contributed by atoms with E-state index in [2.05, 4.69) is 10.3 Å². The van der Waals surface area contributed by atoms with Gasteiger partial charge in [0.1, 0.15) is 18.5 Å². The summed E-state index contributed by atoms with van der Waals surface area (Å²) in [5, 5.41) is 11.8. The molecule has 0 bridgehead atoms. The van der Waals surface area contributed by atoms with Gasteiger partial charge in [-0.15, -0.1) is 0 Å². The molecule has 7 heteroatoms. The largest absolute Gasteiger partial charge is 0.480 e. The van der Waals surface area contributed by atoms with Gasteiger partial charge >= 0.3 is 12.1 Å². The van der Waals surface area contributed by atoms with Gasteiger partial charge < -0.3 is 15.2 Å². The molecule has 0 spiro atoms. The van der Waals surface area contributed by atoms with Gasteiger partial charge in [-0.25, -0.2) is 14.0 Å². The van der Waals surface area contributed by atoms with E-state index in [0.717, 1.165) is 28.5 Å². The van der Waals surface area contributed by atoms with E-state index in [9.17, 15) is 19.1 Å². The first kappa shape index (κ1) is 20.5. The van der Waals surface area contributed by atoms with E-state index in [4.69, 9.17) is 4.74 Å². The van der Waals surface area contributed by atoms with Crippen LogP contribution < -0.4 is 5.32 Å². The lowest BCUT2D eigenvalue weighted by atomic mass is 9.98. The summed E-state index contributed by atoms with van der Waals surface area (Å²) in [7, 11) is 0. The number of benzene rings is 2. The van der Waals surface area contributed by atoms with Crippen molar-refractivity contribution in [3.05, 3.63) is 89.5 Å². The van der Waals surface area contributed by atoms with Crippen LogP contribution in [0.1, 0.15) is 29.0 Å². The molecular weight excluding hydrogens is 399 g/mol. The Labute approximate surface area is 178 Å². The number of carboxylic acids is 1. The first-order valence-corrected chi connectivity index (χ1v) is 9.96. The lowest BCUT2D eigenvalue weighted by Gasteiger charge is -2.17. The van der Waals surface area contributed by atoms with Crippen LogP contribution in [0.3, 0.4) is 0 Å². The first-order valence-electron chi connectivity index (χ1n) is 9.96. The molecule has 1 amide bonds. The number of carboxylic acid groups (broad SMARTS) is 1. The third-order valence-corrected chi connectivity index (χ3v) is 5.42. The number of amides is 1. The van der Waals surface area contributed by atoms with Crippen molar-refractivity contribution in [3.63, 3.8) is 0 Å². The molecule has 0 radical (unpaired) electrons. The molecule has 3 aromatic rings. The van der Waals surface area contributed by atoms with Gasteiger partial charge in [-0.1, -0.05) is 48.5 Å². The van der Waals surface area contributed by atoms with Gasteiger partial charge in [0.15, 0.2) is 0 Å². The van der Waals surface area contributed by atoms with Gasteiger partial charge in [-0.2, -0.15) is 0 Å². The molecule has 158 valence electrons. The molecule has 1 aliphatic rings. The minimum atomic E-state index is -1.18. The number of rotatable bonds is 7. The number of carbonyl (C=O) groups excluding carboxylic acids is 1. The van der Waals surface area contributed by atoms with E-state index in [1.807, 2.05) is 48.5 Å². The number of hydrogen-bond donors (Lipinski definition) is 2. The van der Waals surface area contributed by atoms with Gasteiger partial charge in [0.05, 0.1) is 6.20 Å². The fourth-order valence-electron chi connectivity index (χ4n) is 3.94. The first-order chi connectivity index (χ1) is 15.0. The number of aliphatic carboxylic acids is 1. The topological polar surface area (TPSA) is 88.5 Å². The van der Waals surface area contributed by atoms with Crippen LogP contribution in [0.15, 0.2) is 67.0 Å². The Bertz CT molecular complexity index is 1070. The number of alkyl carbamates (subject to hydrolysis) is 1. The number of nitrogens with zero attached hydrogens (tertiary/aromatic N) is 1. The molecule has 0 fully saturated rings. The Morgan fingerprint density at radius 1 is 1.06 bits per heavy atom. The average molecular weight is 420 g/mol. The van der Waals surface area contributed by atoms with Gasteiger partial charge in [0.2, 0.25) is 0 Å². The second-order valence-electron chi connectivity index (χ2n) is 7.41. The van der Waals surface area contributed by atoms with E-state index in [1.54, 1.807) is 0 Å². The van der Waals surface area contributed by atoms with Crippen molar-refractivity contribution in [2.24, 2.45) is 0 Å². The Kier molecular flexibility index (Phi) is 5.93. The fourth-order valence-corrected chi connectivity index (χ4v) is 3.94. The predicted octanol–water partition coefficient (Wildman–Crippen LogP) is 4.15. The van der Waals surface area contributed by atoms with E-state index in [1.165, 1.54) is 12.3 Å². The smallest absolute Gasteiger partial charge is 0.407 e. The molecule has 0 aliphatic heterocycles. The Morgan fingerprint density at radius 2 is 1.71 bits per heavy atom. The van der Waals surface area contributed by atoms with Crippen LogP contribution in [-0.2, 0) is 16.0 Å². The third-order valence-electron chi connectivity index (χ3n) is 5.42.